The molecule has 4 heteroatoms. The van der Waals surface area contributed by atoms with Crippen molar-refractivity contribution in [3.05, 3.63) is 0 Å². The molecule has 0 heterocycles. The summed E-state index contributed by atoms with van der Waals surface area (Å²) < 4.78 is 5.07. The van der Waals surface area contributed by atoms with Crippen molar-refractivity contribution in [2.45, 2.75) is 25.8 Å². The van der Waals surface area contributed by atoms with E-state index in [-0.39, 0.29) is 11.8 Å². The summed E-state index contributed by atoms with van der Waals surface area (Å²) in [4.78, 5) is 2.38. The molecule has 0 bridgehead atoms. The van der Waals surface area contributed by atoms with Crippen LogP contribution in [0.2, 0.25) is 0 Å². The second-order valence-electron chi connectivity index (χ2n) is 4.08. The van der Waals surface area contributed by atoms with E-state index in [1.807, 2.05) is 6.92 Å². The van der Waals surface area contributed by atoms with E-state index < -0.39 is 0 Å². The number of rotatable bonds is 7. The molecular weight excluding hydrogens is 178 g/mol. The van der Waals surface area contributed by atoms with Crippen LogP contribution in [0.15, 0.2) is 0 Å². The third kappa shape index (κ3) is 3.64. The lowest BCUT2D eigenvalue weighted by molar-refractivity contribution is 0.139. The van der Waals surface area contributed by atoms with Crippen molar-refractivity contribution in [3.8, 4) is 0 Å². The van der Waals surface area contributed by atoms with Crippen molar-refractivity contribution < 1.29 is 4.74 Å². The Hall–Kier alpha value is -0.610. The molecule has 3 N–H and O–H groups in total. The van der Waals surface area contributed by atoms with Gasteiger partial charge < -0.3 is 10.5 Å². The number of nitrogens with zero attached hydrogens (tertiary/aromatic N) is 1. The molecule has 1 rings (SSSR count). The molecule has 4 nitrogen and oxygen atoms in total. The van der Waals surface area contributed by atoms with E-state index in [4.69, 9.17) is 15.9 Å². The molecule has 0 saturated heterocycles. The highest BCUT2D eigenvalue weighted by atomic mass is 16.5. The molecule has 0 aromatic heterocycles. The summed E-state index contributed by atoms with van der Waals surface area (Å²) >= 11 is 0. The summed E-state index contributed by atoms with van der Waals surface area (Å²) in [6.07, 6.45) is 2.57. The van der Waals surface area contributed by atoms with Crippen LogP contribution in [0.25, 0.3) is 0 Å². The second-order valence-corrected chi connectivity index (χ2v) is 4.08. The minimum Gasteiger partial charge on any atom is -0.387 e. The number of ether oxygens (including phenoxy) is 1. The molecule has 1 aliphatic rings. The molecule has 0 amide bonds. The van der Waals surface area contributed by atoms with Gasteiger partial charge in [0.15, 0.2) is 0 Å². The minimum atomic E-state index is 0.160. The number of nitrogens with two attached hydrogens (primary N) is 1. The van der Waals surface area contributed by atoms with Crippen molar-refractivity contribution in [2.24, 2.45) is 11.7 Å². The SMILES string of the molecule is COCCN(CC(C)C(=N)N)C1CC1. The molecule has 1 unspecified atom stereocenters. The van der Waals surface area contributed by atoms with Gasteiger partial charge in [0.25, 0.3) is 0 Å². The maximum atomic E-state index is 7.35. The molecule has 1 aliphatic carbocycles. The molecule has 0 aromatic rings. The van der Waals surface area contributed by atoms with Gasteiger partial charge in [-0.05, 0) is 12.8 Å². The van der Waals surface area contributed by atoms with Gasteiger partial charge in [-0.3, -0.25) is 10.3 Å². The average Bonchev–Trinajstić information content (AvgIpc) is 2.94. The fraction of sp³-hybridized carbons (Fsp3) is 0.900. The maximum Gasteiger partial charge on any atom is 0.0947 e. The highest BCUT2D eigenvalue weighted by molar-refractivity contribution is 5.79. The summed E-state index contributed by atoms with van der Waals surface area (Å²) in [5.74, 6) is 0.445. The molecule has 1 fully saturated rings. The van der Waals surface area contributed by atoms with Crippen molar-refractivity contribution in [1.29, 1.82) is 5.41 Å². The van der Waals surface area contributed by atoms with Gasteiger partial charge in [-0.15, -0.1) is 0 Å². The van der Waals surface area contributed by atoms with E-state index in [9.17, 15) is 0 Å². The van der Waals surface area contributed by atoms with Crippen molar-refractivity contribution >= 4 is 5.84 Å². The Bertz CT molecular complexity index is 192. The van der Waals surface area contributed by atoms with Gasteiger partial charge in [0.2, 0.25) is 0 Å². The molecule has 1 saturated carbocycles. The van der Waals surface area contributed by atoms with Gasteiger partial charge in [-0.25, -0.2) is 0 Å². The molecule has 82 valence electrons. The summed E-state index contributed by atoms with van der Waals surface area (Å²) in [6, 6.07) is 0.715. The first-order valence-corrected chi connectivity index (χ1v) is 5.22. The molecule has 1 atom stereocenters. The Kier molecular flexibility index (Phi) is 4.35. The van der Waals surface area contributed by atoms with Gasteiger partial charge >= 0.3 is 0 Å². The lowest BCUT2D eigenvalue weighted by Gasteiger charge is -2.24. The zero-order valence-electron chi connectivity index (χ0n) is 9.12. The topological polar surface area (TPSA) is 62.3 Å². The van der Waals surface area contributed by atoms with Gasteiger partial charge in [0.1, 0.15) is 0 Å². The second kappa shape index (κ2) is 5.32. The summed E-state index contributed by atoms with van der Waals surface area (Å²) in [5.41, 5.74) is 5.46. The third-order valence-corrected chi connectivity index (χ3v) is 2.69. The predicted octanol–water partition coefficient (Wildman–Crippen LogP) is 0.669. The number of amidine groups is 1. The van der Waals surface area contributed by atoms with Crippen LogP contribution in [0.4, 0.5) is 0 Å². The van der Waals surface area contributed by atoms with Crippen LogP contribution in [0, 0.1) is 11.3 Å². The molecular formula is C10H21N3O. The highest BCUT2D eigenvalue weighted by Gasteiger charge is 2.29. The summed E-state index contributed by atoms with van der Waals surface area (Å²) in [6.45, 7) is 4.62. The van der Waals surface area contributed by atoms with Gasteiger partial charge in [0, 0.05) is 32.2 Å². The Morgan fingerprint density at radius 1 is 1.64 bits per heavy atom. The number of hydrogen-bond acceptors (Lipinski definition) is 3. The first-order chi connectivity index (χ1) is 6.65. The van der Waals surface area contributed by atoms with E-state index in [0.717, 1.165) is 19.7 Å². The molecule has 0 aliphatic heterocycles. The number of hydrogen-bond donors (Lipinski definition) is 2. The Morgan fingerprint density at radius 3 is 2.71 bits per heavy atom. The van der Waals surface area contributed by atoms with Crippen LogP contribution in [-0.2, 0) is 4.74 Å². The minimum absolute atomic E-state index is 0.160. The maximum absolute atomic E-state index is 7.35. The lowest BCUT2D eigenvalue weighted by atomic mass is 10.1. The molecule has 0 radical (unpaired) electrons. The van der Waals surface area contributed by atoms with Crippen LogP contribution in [0.1, 0.15) is 19.8 Å². The van der Waals surface area contributed by atoms with Crippen molar-refractivity contribution in [1.82, 2.24) is 4.90 Å². The van der Waals surface area contributed by atoms with Crippen LogP contribution >= 0.6 is 0 Å². The first kappa shape index (κ1) is 11.5. The normalized spacial score (nSPS) is 18.5. The van der Waals surface area contributed by atoms with E-state index in [2.05, 4.69) is 4.90 Å². The van der Waals surface area contributed by atoms with Crippen molar-refractivity contribution in [3.63, 3.8) is 0 Å². The standard InChI is InChI=1S/C10H21N3O/c1-8(10(11)12)7-13(5-6-14-2)9-3-4-9/h8-9H,3-7H2,1-2H3,(H3,11,12). The Morgan fingerprint density at radius 2 is 2.29 bits per heavy atom. The predicted molar refractivity (Wildman–Crippen MR) is 57.5 cm³/mol. The first-order valence-electron chi connectivity index (χ1n) is 5.22. The Balaban J connectivity index is 2.30. The number of methoxy groups -OCH3 is 1. The molecule has 0 spiro atoms. The van der Waals surface area contributed by atoms with Crippen LogP contribution < -0.4 is 5.73 Å². The smallest absolute Gasteiger partial charge is 0.0947 e. The Labute approximate surface area is 85.9 Å². The van der Waals surface area contributed by atoms with Crippen LogP contribution in [0.5, 0.6) is 0 Å². The average molecular weight is 199 g/mol. The van der Waals surface area contributed by atoms with E-state index >= 15 is 0 Å². The summed E-state index contributed by atoms with van der Waals surface area (Å²) in [5, 5.41) is 7.35. The van der Waals surface area contributed by atoms with Gasteiger partial charge in [-0.1, -0.05) is 6.92 Å². The quantitative estimate of drug-likeness (QED) is 0.468. The highest BCUT2D eigenvalue weighted by Crippen LogP contribution is 2.27. The number of nitrogens with one attached hydrogen (secondary N) is 1. The van der Waals surface area contributed by atoms with Gasteiger partial charge in [-0.2, -0.15) is 0 Å². The van der Waals surface area contributed by atoms with Crippen LogP contribution in [-0.4, -0.2) is 43.6 Å². The van der Waals surface area contributed by atoms with Crippen LogP contribution in [0.3, 0.4) is 0 Å². The zero-order valence-corrected chi connectivity index (χ0v) is 9.12. The zero-order chi connectivity index (χ0) is 10.6. The fourth-order valence-electron chi connectivity index (χ4n) is 1.52. The largest absolute Gasteiger partial charge is 0.387 e. The summed E-state index contributed by atoms with van der Waals surface area (Å²) in [7, 11) is 1.72. The van der Waals surface area contributed by atoms with Gasteiger partial charge in [0.05, 0.1) is 12.4 Å². The molecule has 0 aromatic carbocycles. The van der Waals surface area contributed by atoms with E-state index in [1.54, 1.807) is 7.11 Å². The molecule has 14 heavy (non-hydrogen) atoms. The lowest BCUT2D eigenvalue weighted by Crippen LogP contribution is -2.37. The fourth-order valence-corrected chi connectivity index (χ4v) is 1.52. The van der Waals surface area contributed by atoms with Crippen molar-refractivity contribution in [2.75, 3.05) is 26.8 Å². The van der Waals surface area contributed by atoms with E-state index in [1.165, 1.54) is 12.8 Å². The monoisotopic (exact) mass is 199 g/mol. The third-order valence-electron chi connectivity index (χ3n) is 2.69. The van der Waals surface area contributed by atoms with E-state index in [0.29, 0.717) is 6.04 Å².